The highest BCUT2D eigenvalue weighted by Crippen LogP contribution is 2.34. The van der Waals surface area contributed by atoms with E-state index < -0.39 is 0 Å². The Hall–Kier alpha value is -1.35. The molecule has 3 aromatic rings. The molecule has 1 unspecified atom stereocenters. The van der Waals surface area contributed by atoms with Crippen LogP contribution in [-0.4, -0.2) is 6.54 Å². The standard InChI is InChI=1S/C18H18ClNS/c1-3-20-18(16-11-21-10-12(16)2)15-8-9-17(19)14-7-5-4-6-13(14)15/h4-11,18,20H,3H2,1-2H3. The first-order valence-corrected chi connectivity index (χ1v) is 8.47. The van der Waals surface area contributed by atoms with Gasteiger partial charge in [0.15, 0.2) is 0 Å². The largest absolute Gasteiger partial charge is 0.306 e. The van der Waals surface area contributed by atoms with Gasteiger partial charge in [0.25, 0.3) is 0 Å². The molecule has 0 amide bonds. The van der Waals surface area contributed by atoms with Crippen LogP contribution in [0.25, 0.3) is 10.8 Å². The Balaban J connectivity index is 2.21. The molecule has 2 aromatic carbocycles. The van der Waals surface area contributed by atoms with E-state index in [2.05, 4.69) is 54.2 Å². The van der Waals surface area contributed by atoms with Crippen molar-refractivity contribution in [2.24, 2.45) is 0 Å². The molecule has 0 fully saturated rings. The normalized spacial score (nSPS) is 12.7. The minimum absolute atomic E-state index is 0.211. The molecule has 0 saturated carbocycles. The first-order valence-electron chi connectivity index (χ1n) is 7.15. The third-order valence-corrected chi connectivity index (χ3v) is 5.04. The Morgan fingerprint density at radius 3 is 2.48 bits per heavy atom. The maximum absolute atomic E-state index is 6.35. The fourth-order valence-electron chi connectivity index (χ4n) is 2.79. The molecule has 0 saturated heterocycles. The van der Waals surface area contributed by atoms with Gasteiger partial charge in [0.05, 0.1) is 6.04 Å². The second kappa shape index (κ2) is 6.18. The molecule has 0 aliphatic rings. The molecule has 0 aliphatic carbocycles. The molecule has 0 spiro atoms. The topological polar surface area (TPSA) is 12.0 Å². The van der Waals surface area contributed by atoms with Gasteiger partial charge >= 0.3 is 0 Å². The van der Waals surface area contributed by atoms with Crippen LogP contribution in [0.1, 0.15) is 29.7 Å². The van der Waals surface area contributed by atoms with Gasteiger partial charge < -0.3 is 5.32 Å². The lowest BCUT2D eigenvalue weighted by Crippen LogP contribution is -2.22. The second-order valence-corrected chi connectivity index (χ2v) is 6.33. The highest BCUT2D eigenvalue weighted by atomic mass is 35.5. The van der Waals surface area contributed by atoms with Gasteiger partial charge in [0.1, 0.15) is 0 Å². The minimum Gasteiger partial charge on any atom is -0.306 e. The highest BCUT2D eigenvalue weighted by Gasteiger charge is 2.18. The molecule has 0 radical (unpaired) electrons. The highest BCUT2D eigenvalue weighted by molar-refractivity contribution is 7.08. The molecule has 108 valence electrons. The van der Waals surface area contributed by atoms with E-state index >= 15 is 0 Å². The molecule has 1 atom stereocenters. The second-order valence-electron chi connectivity index (χ2n) is 5.18. The lowest BCUT2D eigenvalue weighted by molar-refractivity contribution is 0.633. The average molecular weight is 316 g/mol. The zero-order chi connectivity index (χ0) is 14.8. The Morgan fingerprint density at radius 1 is 1.05 bits per heavy atom. The third kappa shape index (κ3) is 2.71. The van der Waals surface area contributed by atoms with Gasteiger partial charge in [-0.1, -0.05) is 48.9 Å². The number of benzene rings is 2. The zero-order valence-electron chi connectivity index (χ0n) is 12.2. The van der Waals surface area contributed by atoms with Crippen LogP contribution in [0, 0.1) is 6.92 Å². The molecular formula is C18H18ClNS. The molecule has 1 heterocycles. The molecule has 21 heavy (non-hydrogen) atoms. The van der Waals surface area contributed by atoms with Crippen molar-refractivity contribution in [2.45, 2.75) is 19.9 Å². The van der Waals surface area contributed by atoms with Crippen molar-refractivity contribution in [1.29, 1.82) is 0 Å². The summed E-state index contributed by atoms with van der Waals surface area (Å²) in [6.07, 6.45) is 0. The molecule has 3 heteroatoms. The lowest BCUT2D eigenvalue weighted by Gasteiger charge is -2.21. The monoisotopic (exact) mass is 315 g/mol. The average Bonchev–Trinajstić information content (AvgIpc) is 2.92. The van der Waals surface area contributed by atoms with Crippen LogP contribution >= 0.6 is 22.9 Å². The van der Waals surface area contributed by atoms with E-state index in [1.165, 1.54) is 22.1 Å². The number of hydrogen-bond acceptors (Lipinski definition) is 2. The van der Waals surface area contributed by atoms with Crippen molar-refractivity contribution in [2.75, 3.05) is 6.54 Å². The third-order valence-electron chi connectivity index (χ3n) is 3.83. The van der Waals surface area contributed by atoms with Crippen molar-refractivity contribution in [1.82, 2.24) is 5.32 Å². The predicted molar refractivity (Wildman–Crippen MR) is 93.5 cm³/mol. The van der Waals surface area contributed by atoms with Crippen molar-refractivity contribution >= 4 is 33.7 Å². The van der Waals surface area contributed by atoms with E-state index in [0.29, 0.717) is 0 Å². The molecular weight excluding hydrogens is 298 g/mol. The first kappa shape index (κ1) is 14.6. The number of fused-ring (bicyclic) bond motifs is 1. The van der Waals surface area contributed by atoms with Crippen LogP contribution in [0.4, 0.5) is 0 Å². The summed E-state index contributed by atoms with van der Waals surface area (Å²) in [5.41, 5.74) is 3.98. The van der Waals surface area contributed by atoms with E-state index in [1.54, 1.807) is 11.3 Å². The SMILES string of the molecule is CCNC(c1cscc1C)c1ccc(Cl)c2ccccc12. The molecule has 1 aromatic heterocycles. The van der Waals surface area contributed by atoms with Crippen molar-refractivity contribution in [3.8, 4) is 0 Å². The van der Waals surface area contributed by atoms with Crippen molar-refractivity contribution in [3.63, 3.8) is 0 Å². The van der Waals surface area contributed by atoms with Gasteiger partial charge in [-0.15, -0.1) is 0 Å². The minimum atomic E-state index is 0.211. The fourth-order valence-corrected chi connectivity index (χ4v) is 3.90. The van der Waals surface area contributed by atoms with Crippen LogP contribution in [0.15, 0.2) is 47.2 Å². The number of nitrogens with one attached hydrogen (secondary N) is 1. The van der Waals surface area contributed by atoms with Gasteiger partial charge in [0, 0.05) is 10.4 Å². The zero-order valence-corrected chi connectivity index (χ0v) is 13.8. The summed E-state index contributed by atoms with van der Waals surface area (Å²) < 4.78 is 0. The van der Waals surface area contributed by atoms with Crippen LogP contribution < -0.4 is 5.32 Å². The Morgan fingerprint density at radius 2 is 1.81 bits per heavy atom. The fraction of sp³-hybridized carbons (Fsp3) is 0.222. The number of aryl methyl sites for hydroxylation is 1. The Labute approximate surface area is 134 Å². The Kier molecular flexibility index (Phi) is 4.29. The van der Waals surface area contributed by atoms with E-state index in [1.807, 2.05) is 12.1 Å². The summed E-state index contributed by atoms with van der Waals surface area (Å²) in [5.74, 6) is 0. The summed E-state index contributed by atoms with van der Waals surface area (Å²) >= 11 is 8.11. The molecule has 0 aliphatic heterocycles. The Bertz CT molecular complexity index is 763. The smallest absolute Gasteiger partial charge is 0.0593 e. The molecule has 3 rings (SSSR count). The van der Waals surface area contributed by atoms with Crippen LogP contribution in [0.5, 0.6) is 0 Å². The first-order chi connectivity index (χ1) is 10.2. The van der Waals surface area contributed by atoms with E-state index in [-0.39, 0.29) is 6.04 Å². The van der Waals surface area contributed by atoms with Gasteiger partial charge in [-0.2, -0.15) is 11.3 Å². The van der Waals surface area contributed by atoms with Crippen LogP contribution in [-0.2, 0) is 0 Å². The summed E-state index contributed by atoms with van der Waals surface area (Å²) in [6.45, 7) is 5.25. The van der Waals surface area contributed by atoms with Crippen LogP contribution in [0.3, 0.4) is 0 Å². The quantitative estimate of drug-likeness (QED) is 0.664. The summed E-state index contributed by atoms with van der Waals surface area (Å²) in [6, 6.07) is 12.7. The summed E-state index contributed by atoms with van der Waals surface area (Å²) in [4.78, 5) is 0. The number of rotatable bonds is 4. The van der Waals surface area contributed by atoms with Crippen LogP contribution in [0.2, 0.25) is 5.02 Å². The molecule has 1 N–H and O–H groups in total. The van der Waals surface area contributed by atoms with Crippen molar-refractivity contribution in [3.05, 3.63) is 68.9 Å². The van der Waals surface area contributed by atoms with Gasteiger partial charge in [-0.05, 0) is 52.4 Å². The predicted octanol–water partition coefficient (Wildman–Crippen LogP) is 5.56. The van der Waals surface area contributed by atoms with E-state index in [9.17, 15) is 0 Å². The maximum atomic E-state index is 6.35. The molecule has 0 bridgehead atoms. The molecule has 1 nitrogen and oxygen atoms in total. The van der Waals surface area contributed by atoms with E-state index in [4.69, 9.17) is 11.6 Å². The van der Waals surface area contributed by atoms with Gasteiger partial charge in [-0.3, -0.25) is 0 Å². The van der Waals surface area contributed by atoms with Gasteiger partial charge in [-0.25, -0.2) is 0 Å². The summed E-state index contributed by atoms with van der Waals surface area (Å²) in [7, 11) is 0. The maximum Gasteiger partial charge on any atom is 0.0593 e. The number of hydrogen-bond donors (Lipinski definition) is 1. The van der Waals surface area contributed by atoms with Crippen molar-refractivity contribution < 1.29 is 0 Å². The van der Waals surface area contributed by atoms with Gasteiger partial charge in [0.2, 0.25) is 0 Å². The number of halogens is 1. The summed E-state index contributed by atoms with van der Waals surface area (Å²) in [5, 5.41) is 11.2. The number of thiophene rings is 1. The van der Waals surface area contributed by atoms with E-state index in [0.717, 1.165) is 17.0 Å². The lowest BCUT2D eigenvalue weighted by atomic mass is 9.93.